The van der Waals surface area contributed by atoms with Gasteiger partial charge in [-0.15, -0.1) is 0 Å². The van der Waals surface area contributed by atoms with Crippen LogP contribution in [0.1, 0.15) is 29.1 Å². The minimum Gasteiger partial charge on any atom is -0.484 e. The van der Waals surface area contributed by atoms with Gasteiger partial charge in [0.05, 0.1) is 10.6 Å². The summed E-state index contributed by atoms with van der Waals surface area (Å²) in [5, 5.41) is 3.09. The van der Waals surface area contributed by atoms with Crippen LogP contribution in [0.4, 0.5) is 5.13 Å². The molecule has 1 amide bonds. The Labute approximate surface area is 162 Å². The van der Waals surface area contributed by atoms with E-state index in [-0.39, 0.29) is 18.3 Å². The van der Waals surface area contributed by atoms with Gasteiger partial charge in [-0.05, 0) is 24.1 Å². The van der Waals surface area contributed by atoms with Crippen molar-refractivity contribution in [3.05, 3.63) is 65.0 Å². The number of Topliss-reactive ketones (excluding diaryl/α,β-unsaturated/α-hetero) is 1. The Bertz CT molecular complexity index is 934. The molecule has 0 fully saturated rings. The minimum absolute atomic E-state index is 0.0842. The Kier molecular flexibility index (Phi) is 5.98. The summed E-state index contributed by atoms with van der Waals surface area (Å²) in [6.45, 7) is 3.45. The van der Waals surface area contributed by atoms with E-state index >= 15 is 0 Å². The molecular weight excluding hydrogens is 360 g/mol. The first-order valence-electron chi connectivity index (χ1n) is 8.65. The van der Waals surface area contributed by atoms with Gasteiger partial charge in [-0.25, -0.2) is 4.98 Å². The zero-order valence-electron chi connectivity index (χ0n) is 15.2. The molecule has 6 heteroatoms. The van der Waals surface area contributed by atoms with Crippen LogP contribution >= 0.6 is 11.3 Å². The number of ketones is 1. The van der Waals surface area contributed by atoms with Crippen molar-refractivity contribution in [3.8, 4) is 17.0 Å². The van der Waals surface area contributed by atoms with E-state index in [0.29, 0.717) is 21.5 Å². The van der Waals surface area contributed by atoms with Crippen LogP contribution in [0.3, 0.4) is 0 Å². The van der Waals surface area contributed by atoms with Crippen molar-refractivity contribution in [2.24, 2.45) is 0 Å². The van der Waals surface area contributed by atoms with Gasteiger partial charge in [0.25, 0.3) is 5.91 Å². The molecule has 0 aliphatic heterocycles. The van der Waals surface area contributed by atoms with Crippen LogP contribution in [0.25, 0.3) is 11.3 Å². The monoisotopic (exact) mass is 380 g/mol. The lowest BCUT2D eigenvalue weighted by molar-refractivity contribution is -0.118. The molecule has 0 radical (unpaired) electrons. The van der Waals surface area contributed by atoms with Crippen molar-refractivity contribution in [1.29, 1.82) is 0 Å². The quantitative estimate of drug-likeness (QED) is 0.609. The highest BCUT2D eigenvalue weighted by Gasteiger charge is 2.18. The molecule has 5 nitrogen and oxygen atoms in total. The number of hydrogen-bond acceptors (Lipinski definition) is 5. The number of rotatable bonds is 7. The number of hydrogen-bond donors (Lipinski definition) is 1. The summed E-state index contributed by atoms with van der Waals surface area (Å²) in [6, 6.07) is 17.1. The molecule has 27 heavy (non-hydrogen) atoms. The molecule has 0 unspecified atom stereocenters. The lowest BCUT2D eigenvalue weighted by atomic mass is 10.1. The molecule has 0 saturated carbocycles. The molecule has 0 bridgehead atoms. The fraction of sp³-hybridized carbons (Fsp3) is 0.190. The van der Waals surface area contributed by atoms with Crippen LogP contribution < -0.4 is 10.1 Å². The first-order valence-corrected chi connectivity index (χ1v) is 9.47. The normalized spacial score (nSPS) is 10.4. The molecule has 1 aromatic heterocycles. The number of carbonyl (C=O) groups is 2. The highest BCUT2D eigenvalue weighted by molar-refractivity contribution is 7.18. The standard InChI is InChI=1S/C21H20N2O3S/c1-3-15-9-11-17(12-10-15)26-13-18(25)22-21-23-19(20(27-21)14(2)24)16-7-5-4-6-8-16/h4-12H,3,13H2,1-2H3,(H,22,23,25). The molecule has 3 rings (SSSR count). The maximum atomic E-state index is 12.2. The smallest absolute Gasteiger partial charge is 0.264 e. The van der Waals surface area contributed by atoms with Gasteiger partial charge in [0.2, 0.25) is 0 Å². The van der Waals surface area contributed by atoms with E-state index < -0.39 is 0 Å². The number of nitrogens with one attached hydrogen (secondary N) is 1. The van der Waals surface area contributed by atoms with E-state index in [2.05, 4.69) is 17.2 Å². The van der Waals surface area contributed by atoms with Gasteiger partial charge in [-0.3, -0.25) is 14.9 Å². The van der Waals surface area contributed by atoms with Gasteiger partial charge in [0.1, 0.15) is 5.75 Å². The topological polar surface area (TPSA) is 68.3 Å². The first-order chi connectivity index (χ1) is 13.1. The number of carbonyl (C=O) groups excluding carboxylic acids is 2. The van der Waals surface area contributed by atoms with Gasteiger partial charge >= 0.3 is 0 Å². The molecular formula is C21H20N2O3S. The fourth-order valence-electron chi connectivity index (χ4n) is 2.53. The average Bonchev–Trinajstić information content (AvgIpc) is 3.11. The van der Waals surface area contributed by atoms with Crippen molar-refractivity contribution >= 4 is 28.2 Å². The van der Waals surface area contributed by atoms with E-state index in [1.165, 1.54) is 23.8 Å². The largest absolute Gasteiger partial charge is 0.484 e. The highest BCUT2D eigenvalue weighted by Crippen LogP contribution is 2.31. The predicted octanol–water partition coefficient (Wildman–Crippen LogP) is 4.59. The van der Waals surface area contributed by atoms with E-state index in [1.54, 1.807) is 0 Å². The third-order valence-electron chi connectivity index (χ3n) is 3.94. The van der Waals surface area contributed by atoms with Crippen molar-refractivity contribution in [1.82, 2.24) is 4.98 Å². The van der Waals surface area contributed by atoms with E-state index in [0.717, 1.165) is 12.0 Å². The number of thiazole rings is 1. The molecule has 0 aliphatic rings. The number of amides is 1. The summed E-state index contributed by atoms with van der Waals surface area (Å²) in [6.07, 6.45) is 0.951. The Morgan fingerprint density at radius 1 is 1.07 bits per heavy atom. The van der Waals surface area contributed by atoms with Crippen molar-refractivity contribution in [2.45, 2.75) is 20.3 Å². The van der Waals surface area contributed by atoms with E-state index in [4.69, 9.17) is 4.74 Å². The van der Waals surface area contributed by atoms with Crippen molar-refractivity contribution in [2.75, 3.05) is 11.9 Å². The molecule has 0 spiro atoms. The molecule has 2 aromatic carbocycles. The lowest BCUT2D eigenvalue weighted by Crippen LogP contribution is -2.20. The maximum Gasteiger partial charge on any atom is 0.264 e. The molecule has 0 aliphatic carbocycles. The van der Waals surface area contributed by atoms with Crippen LogP contribution in [0.15, 0.2) is 54.6 Å². The predicted molar refractivity (Wildman–Crippen MR) is 107 cm³/mol. The van der Waals surface area contributed by atoms with Gasteiger partial charge in [-0.2, -0.15) is 0 Å². The van der Waals surface area contributed by atoms with Gasteiger partial charge in [0.15, 0.2) is 17.5 Å². The zero-order chi connectivity index (χ0) is 19.2. The van der Waals surface area contributed by atoms with E-state index in [1.807, 2.05) is 54.6 Å². The van der Waals surface area contributed by atoms with Gasteiger partial charge in [-0.1, -0.05) is 60.7 Å². The summed E-state index contributed by atoms with van der Waals surface area (Å²) in [5.41, 5.74) is 2.63. The van der Waals surface area contributed by atoms with Crippen LogP contribution in [-0.2, 0) is 11.2 Å². The Morgan fingerprint density at radius 3 is 2.41 bits per heavy atom. The Balaban J connectivity index is 1.67. The maximum absolute atomic E-state index is 12.2. The molecule has 1 heterocycles. The van der Waals surface area contributed by atoms with Gasteiger partial charge < -0.3 is 4.74 Å². The molecule has 0 atom stereocenters. The summed E-state index contributed by atoms with van der Waals surface area (Å²) in [7, 11) is 0. The SMILES string of the molecule is CCc1ccc(OCC(=O)Nc2nc(-c3ccccc3)c(C(C)=O)s2)cc1. The van der Waals surface area contributed by atoms with Crippen LogP contribution in [-0.4, -0.2) is 23.3 Å². The second kappa shape index (κ2) is 8.60. The van der Waals surface area contributed by atoms with Crippen LogP contribution in [0, 0.1) is 0 Å². The number of anilines is 1. The lowest BCUT2D eigenvalue weighted by Gasteiger charge is -2.06. The average molecular weight is 380 g/mol. The molecule has 1 N–H and O–H groups in total. The van der Waals surface area contributed by atoms with Crippen LogP contribution in [0.2, 0.25) is 0 Å². The van der Waals surface area contributed by atoms with Gasteiger partial charge in [0, 0.05) is 12.5 Å². The number of aromatic nitrogens is 1. The summed E-state index contributed by atoms with van der Waals surface area (Å²) in [5.74, 6) is 0.230. The van der Waals surface area contributed by atoms with Crippen LogP contribution in [0.5, 0.6) is 5.75 Å². The second-order valence-electron chi connectivity index (χ2n) is 5.95. The van der Waals surface area contributed by atoms with Crippen molar-refractivity contribution < 1.29 is 14.3 Å². The molecule has 0 saturated heterocycles. The zero-order valence-corrected chi connectivity index (χ0v) is 16.0. The minimum atomic E-state index is -0.321. The number of nitrogens with zero attached hydrogens (tertiary/aromatic N) is 1. The van der Waals surface area contributed by atoms with E-state index in [9.17, 15) is 9.59 Å². The molecule has 3 aromatic rings. The highest BCUT2D eigenvalue weighted by atomic mass is 32.1. The second-order valence-corrected chi connectivity index (χ2v) is 6.95. The number of aryl methyl sites for hydroxylation is 1. The summed E-state index contributed by atoms with van der Waals surface area (Å²) < 4.78 is 5.51. The summed E-state index contributed by atoms with van der Waals surface area (Å²) >= 11 is 1.17. The Hall–Kier alpha value is -2.99. The third-order valence-corrected chi connectivity index (χ3v) is 5.01. The Morgan fingerprint density at radius 2 is 1.78 bits per heavy atom. The number of benzene rings is 2. The first kappa shape index (κ1) is 18.8. The van der Waals surface area contributed by atoms with Crippen molar-refractivity contribution in [3.63, 3.8) is 0 Å². The fourth-order valence-corrected chi connectivity index (χ4v) is 3.43. The molecule has 138 valence electrons. The number of ether oxygens (including phenoxy) is 1. The summed E-state index contributed by atoms with van der Waals surface area (Å²) in [4.78, 5) is 29.1. The third kappa shape index (κ3) is 4.80.